The minimum atomic E-state index is 0.103. The molecule has 0 aliphatic carbocycles. The molecule has 0 bridgehead atoms. The van der Waals surface area contributed by atoms with E-state index >= 15 is 0 Å². The molecule has 0 aliphatic heterocycles. The largest absolute Gasteiger partial charge is 0.356 e. The topological polar surface area (TPSA) is 68.0 Å². The van der Waals surface area contributed by atoms with Gasteiger partial charge in [-0.25, -0.2) is 4.98 Å². The normalized spacial score (nSPS) is 12.5. The van der Waals surface area contributed by atoms with Crippen LogP contribution in [0.1, 0.15) is 31.2 Å². The Morgan fingerprint density at radius 3 is 3.00 bits per heavy atom. The molecule has 0 aliphatic rings. The Morgan fingerprint density at radius 2 is 2.25 bits per heavy atom. The lowest BCUT2D eigenvalue weighted by Gasteiger charge is -2.06. The van der Waals surface area contributed by atoms with E-state index in [1.165, 1.54) is 4.70 Å². The second-order valence-corrected chi connectivity index (χ2v) is 6.16. The molecule has 1 unspecified atom stereocenters. The third-order valence-electron chi connectivity index (χ3n) is 3.05. The summed E-state index contributed by atoms with van der Waals surface area (Å²) in [7, 11) is 0. The second kappa shape index (κ2) is 7.36. The maximum absolute atomic E-state index is 11.6. The minimum absolute atomic E-state index is 0.103. The predicted molar refractivity (Wildman–Crippen MR) is 83.8 cm³/mol. The number of carbonyl (C=O) groups is 1. The third kappa shape index (κ3) is 4.58. The number of nitrogens with zero attached hydrogens (tertiary/aromatic N) is 1. The van der Waals surface area contributed by atoms with Crippen molar-refractivity contribution in [3.8, 4) is 0 Å². The fourth-order valence-corrected chi connectivity index (χ4v) is 2.96. The van der Waals surface area contributed by atoms with Crippen LogP contribution in [-0.4, -0.2) is 23.5 Å². The Labute approximate surface area is 123 Å². The number of amides is 1. The molecular weight excluding hydrogens is 270 g/mol. The van der Waals surface area contributed by atoms with E-state index in [1.807, 2.05) is 25.1 Å². The molecule has 3 N–H and O–H groups in total. The summed E-state index contributed by atoms with van der Waals surface area (Å²) in [5.41, 5.74) is 6.68. The zero-order valence-corrected chi connectivity index (χ0v) is 12.6. The molecule has 2 aromatic rings. The number of rotatable bonds is 7. The number of benzene rings is 1. The highest BCUT2D eigenvalue weighted by atomic mass is 32.1. The van der Waals surface area contributed by atoms with Gasteiger partial charge in [0.15, 0.2) is 0 Å². The molecule has 20 heavy (non-hydrogen) atoms. The monoisotopic (exact) mass is 291 g/mol. The van der Waals surface area contributed by atoms with Gasteiger partial charge in [0.1, 0.15) is 0 Å². The van der Waals surface area contributed by atoms with Gasteiger partial charge >= 0.3 is 0 Å². The van der Waals surface area contributed by atoms with E-state index in [2.05, 4.69) is 16.4 Å². The summed E-state index contributed by atoms with van der Waals surface area (Å²) in [6.45, 7) is 2.61. The fraction of sp³-hybridized carbons (Fsp3) is 0.467. The molecule has 4 nitrogen and oxygen atoms in total. The number of carbonyl (C=O) groups excluding carboxylic acids is 1. The van der Waals surface area contributed by atoms with Crippen molar-refractivity contribution in [3.05, 3.63) is 29.3 Å². The van der Waals surface area contributed by atoms with Crippen molar-refractivity contribution in [1.82, 2.24) is 10.3 Å². The van der Waals surface area contributed by atoms with Gasteiger partial charge in [0.2, 0.25) is 5.91 Å². The van der Waals surface area contributed by atoms with Crippen LogP contribution in [0.25, 0.3) is 10.2 Å². The van der Waals surface area contributed by atoms with Gasteiger partial charge in [0, 0.05) is 19.0 Å². The molecule has 1 heterocycles. The molecule has 108 valence electrons. The van der Waals surface area contributed by atoms with E-state index in [1.54, 1.807) is 11.3 Å². The van der Waals surface area contributed by atoms with Crippen molar-refractivity contribution in [2.45, 2.75) is 38.6 Å². The van der Waals surface area contributed by atoms with E-state index in [0.717, 1.165) is 29.8 Å². The number of nitrogens with two attached hydrogens (primary N) is 1. The Morgan fingerprint density at radius 1 is 1.45 bits per heavy atom. The van der Waals surface area contributed by atoms with Gasteiger partial charge in [-0.1, -0.05) is 12.1 Å². The van der Waals surface area contributed by atoms with Crippen molar-refractivity contribution in [3.63, 3.8) is 0 Å². The van der Waals surface area contributed by atoms with Crippen molar-refractivity contribution in [2.24, 2.45) is 5.73 Å². The quantitative estimate of drug-likeness (QED) is 0.823. The SMILES string of the molecule is CC(N)CCNC(=O)CCCc1nc2ccccc2s1. The molecule has 2 rings (SSSR count). The summed E-state index contributed by atoms with van der Waals surface area (Å²) in [6, 6.07) is 8.26. The number of fused-ring (bicyclic) bond motifs is 1. The molecule has 0 saturated carbocycles. The lowest BCUT2D eigenvalue weighted by molar-refractivity contribution is -0.121. The summed E-state index contributed by atoms with van der Waals surface area (Å²) in [5, 5.41) is 4.00. The van der Waals surface area contributed by atoms with E-state index in [4.69, 9.17) is 5.73 Å². The van der Waals surface area contributed by atoms with E-state index in [9.17, 15) is 4.79 Å². The van der Waals surface area contributed by atoms with Crippen molar-refractivity contribution >= 4 is 27.5 Å². The first-order chi connectivity index (χ1) is 9.65. The van der Waals surface area contributed by atoms with Crippen LogP contribution in [0.15, 0.2) is 24.3 Å². The fourth-order valence-electron chi connectivity index (χ4n) is 1.95. The van der Waals surface area contributed by atoms with Gasteiger partial charge in [-0.3, -0.25) is 4.79 Å². The Hall–Kier alpha value is -1.46. The molecule has 0 spiro atoms. The molecule has 0 saturated heterocycles. The van der Waals surface area contributed by atoms with E-state index in [0.29, 0.717) is 13.0 Å². The highest BCUT2D eigenvalue weighted by molar-refractivity contribution is 7.18. The van der Waals surface area contributed by atoms with Crippen LogP contribution in [-0.2, 0) is 11.2 Å². The van der Waals surface area contributed by atoms with E-state index < -0.39 is 0 Å². The van der Waals surface area contributed by atoms with Gasteiger partial charge in [0.05, 0.1) is 15.2 Å². The summed E-state index contributed by atoms with van der Waals surface area (Å²) >= 11 is 1.71. The summed E-state index contributed by atoms with van der Waals surface area (Å²) in [5.74, 6) is 0.103. The number of hydrogen-bond acceptors (Lipinski definition) is 4. The molecule has 1 atom stereocenters. The number of thiazole rings is 1. The number of aromatic nitrogens is 1. The molecule has 0 radical (unpaired) electrons. The highest BCUT2D eigenvalue weighted by Gasteiger charge is 2.05. The van der Waals surface area contributed by atoms with Crippen molar-refractivity contribution in [2.75, 3.05) is 6.54 Å². The maximum atomic E-state index is 11.6. The van der Waals surface area contributed by atoms with Crippen molar-refractivity contribution < 1.29 is 4.79 Å². The molecule has 5 heteroatoms. The molecule has 1 amide bonds. The highest BCUT2D eigenvalue weighted by Crippen LogP contribution is 2.22. The molecule has 0 fully saturated rings. The van der Waals surface area contributed by atoms with E-state index in [-0.39, 0.29) is 11.9 Å². The Balaban J connectivity index is 1.71. The van der Waals surface area contributed by atoms with Crippen LogP contribution < -0.4 is 11.1 Å². The van der Waals surface area contributed by atoms with Crippen LogP contribution >= 0.6 is 11.3 Å². The van der Waals surface area contributed by atoms with Crippen LogP contribution in [0, 0.1) is 0 Å². The number of para-hydroxylation sites is 1. The Bertz CT molecular complexity index is 532. The standard InChI is InChI=1S/C15H21N3OS/c1-11(16)9-10-17-14(19)7-4-8-15-18-12-5-2-3-6-13(12)20-15/h2-3,5-6,11H,4,7-10,16H2,1H3,(H,17,19). The molecular formula is C15H21N3OS. The van der Waals surface area contributed by atoms with Crippen LogP contribution in [0.3, 0.4) is 0 Å². The first-order valence-corrected chi connectivity index (χ1v) is 7.83. The maximum Gasteiger partial charge on any atom is 0.220 e. The van der Waals surface area contributed by atoms with Gasteiger partial charge in [-0.2, -0.15) is 0 Å². The summed E-state index contributed by atoms with van der Waals surface area (Å²) in [4.78, 5) is 16.2. The van der Waals surface area contributed by atoms with Gasteiger partial charge in [0.25, 0.3) is 0 Å². The number of aryl methyl sites for hydroxylation is 1. The summed E-state index contributed by atoms with van der Waals surface area (Å²) in [6.07, 6.45) is 3.07. The zero-order valence-electron chi connectivity index (χ0n) is 11.8. The first kappa shape index (κ1) is 14.9. The number of hydrogen-bond donors (Lipinski definition) is 2. The molecule has 1 aromatic heterocycles. The number of nitrogens with one attached hydrogen (secondary N) is 1. The lowest BCUT2D eigenvalue weighted by Crippen LogP contribution is -2.28. The summed E-state index contributed by atoms with van der Waals surface area (Å²) < 4.78 is 1.21. The van der Waals surface area contributed by atoms with Gasteiger partial charge < -0.3 is 11.1 Å². The third-order valence-corrected chi connectivity index (χ3v) is 4.15. The smallest absolute Gasteiger partial charge is 0.220 e. The zero-order chi connectivity index (χ0) is 14.4. The van der Waals surface area contributed by atoms with Crippen LogP contribution in [0.2, 0.25) is 0 Å². The van der Waals surface area contributed by atoms with Gasteiger partial charge in [-0.15, -0.1) is 11.3 Å². The second-order valence-electron chi connectivity index (χ2n) is 5.04. The molecule has 1 aromatic carbocycles. The predicted octanol–water partition coefficient (Wildman–Crippen LogP) is 2.47. The van der Waals surface area contributed by atoms with Crippen molar-refractivity contribution in [1.29, 1.82) is 0 Å². The first-order valence-electron chi connectivity index (χ1n) is 7.02. The minimum Gasteiger partial charge on any atom is -0.356 e. The average molecular weight is 291 g/mol. The Kier molecular flexibility index (Phi) is 5.49. The van der Waals surface area contributed by atoms with Crippen LogP contribution in [0.5, 0.6) is 0 Å². The average Bonchev–Trinajstić information content (AvgIpc) is 2.80. The van der Waals surface area contributed by atoms with Gasteiger partial charge in [-0.05, 0) is 38.3 Å². The van der Waals surface area contributed by atoms with Crippen LogP contribution in [0.4, 0.5) is 0 Å². The lowest BCUT2D eigenvalue weighted by atomic mass is 10.2.